The van der Waals surface area contributed by atoms with Crippen molar-refractivity contribution >= 4 is 29.5 Å². The Balaban J connectivity index is 1.24. The Morgan fingerprint density at radius 2 is 1.71 bits per heavy atom. The summed E-state index contributed by atoms with van der Waals surface area (Å²) in [5, 5.41) is 8.87. The molecule has 0 aliphatic heterocycles. The Bertz CT molecular complexity index is 2030. The van der Waals surface area contributed by atoms with Gasteiger partial charge in [0.05, 0.1) is 0 Å². The Kier molecular flexibility index (Phi) is 9.84. The van der Waals surface area contributed by atoms with Crippen LogP contribution in [0.25, 0.3) is 11.6 Å². The van der Waals surface area contributed by atoms with E-state index in [1.54, 1.807) is 6.08 Å². The van der Waals surface area contributed by atoms with E-state index in [-0.39, 0.29) is 5.84 Å². The molecule has 0 amide bonds. The SMILES string of the molecule is C=C/C=C\c1oc2c(c1/C=N/C(=N\C(=N)c1ccccc1)c1ccc(C3=CCC(c4ccccc4)C=C3)cc1)C(C1=CC=CCC1)CCC2. The largest absolute Gasteiger partial charge is 0.461 e. The molecule has 4 nitrogen and oxygen atoms in total. The fourth-order valence-corrected chi connectivity index (χ4v) is 7.05. The highest BCUT2D eigenvalue weighted by molar-refractivity contribution is 6.13. The zero-order valence-corrected chi connectivity index (χ0v) is 27.8. The topological polar surface area (TPSA) is 61.7 Å². The van der Waals surface area contributed by atoms with E-state index in [9.17, 15) is 0 Å². The fraction of sp³-hybridized carbons (Fsp3) is 0.178. The molecule has 3 aromatic carbocycles. The van der Waals surface area contributed by atoms with E-state index < -0.39 is 0 Å². The number of furan rings is 1. The third-order valence-corrected chi connectivity index (χ3v) is 9.60. The normalized spacial score (nSPS) is 19.1. The quantitative estimate of drug-likeness (QED) is 0.116. The molecule has 3 aliphatic rings. The summed E-state index contributed by atoms with van der Waals surface area (Å²) in [4.78, 5) is 9.85. The summed E-state index contributed by atoms with van der Waals surface area (Å²) in [6.07, 6.45) is 27.3. The Morgan fingerprint density at radius 3 is 2.43 bits per heavy atom. The molecule has 1 N–H and O–H groups in total. The molecule has 2 unspecified atom stereocenters. The lowest BCUT2D eigenvalue weighted by Crippen LogP contribution is -2.13. The first-order valence-electron chi connectivity index (χ1n) is 17.3. The van der Waals surface area contributed by atoms with Crippen molar-refractivity contribution in [3.8, 4) is 0 Å². The van der Waals surface area contributed by atoms with E-state index in [0.717, 1.165) is 72.3 Å². The van der Waals surface area contributed by atoms with Crippen LogP contribution in [-0.4, -0.2) is 17.9 Å². The second kappa shape index (κ2) is 15.1. The van der Waals surface area contributed by atoms with Crippen molar-refractivity contribution in [3.63, 3.8) is 0 Å². The van der Waals surface area contributed by atoms with Crippen LogP contribution in [0.3, 0.4) is 0 Å². The number of allylic oxidation sites excluding steroid dienone is 10. The molecule has 4 aromatic rings. The van der Waals surface area contributed by atoms with Gasteiger partial charge in [0.15, 0.2) is 11.7 Å². The number of aliphatic imine (C=N–C) groups is 2. The molecule has 0 fully saturated rings. The maximum atomic E-state index is 8.87. The standard InChI is InChI=1S/C45H41N3O/c1-2-3-21-41-40(43-39(20-13-22-42(43)49-41)36-16-9-5-10-17-36)31-47-45(48-44(46)37-18-11-6-12-19-37)38-29-27-35(28-30-38)34-25-23-33(24-26-34)32-14-7-4-8-15-32/h2-9,11-12,14-16,18-19,21,23,25-31,33,39,46H,1,10,13,17,20,22,24H2/b21-3-,46-44?,47-31+,48-45-. The second-order valence-electron chi connectivity index (χ2n) is 12.7. The van der Waals surface area contributed by atoms with Gasteiger partial charge >= 0.3 is 0 Å². The summed E-state index contributed by atoms with van der Waals surface area (Å²) in [7, 11) is 0. The van der Waals surface area contributed by atoms with Gasteiger partial charge in [-0.15, -0.1) is 0 Å². The molecule has 2 atom stereocenters. The average Bonchev–Trinajstić information content (AvgIpc) is 3.54. The summed E-state index contributed by atoms with van der Waals surface area (Å²) in [5.74, 6) is 3.17. The van der Waals surface area contributed by atoms with Crippen molar-refractivity contribution < 1.29 is 4.42 Å². The highest BCUT2D eigenvalue weighted by Gasteiger charge is 2.31. The first-order chi connectivity index (χ1) is 24.2. The van der Waals surface area contributed by atoms with Crippen molar-refractivity contribution in [1.82, 2.24) is 0 Å². The lowest BCUT2D eigenvalue weighted by atomic mass is 9.77. The minimum atomic E-state index is 0.166. The van der Waals surface area contributed by atoms with Crippen LogP contribution in [0.5, 0.6) is 0 Å². The fourth-order valence-electron chi connectivity index (χ4n) is 7.05. The van der Waals surface area contributed by atoms with Crippen LogP contribution in [0.2, 0.25) is 0 Å². The molecule has 0 bridgehead atoms. The summed E-state index contributed by atoms with van der Waals surface area (Å²) in [6.45, 7) is 3.88. The second-order valence-corrected chi connectivity index (χ2v) is 12.7. The zero-order chi connectivity index (χ0) is 33.4. The van der Waals surface area contributed by atoms with E-state index in [1.807, 2.05) is 48.7 Å². The van der Waals surface area contributed by atoms with Crippen molar-refractivity contribution in [1.29, 1.82) is 5.41 Å². The van der Waals surface area contributed by atoms with Gasteiger partial charge in [-0.1, -0.05) is 146 Å². The van der Waals surface area contributed by atoms with Crippen LogP contribution in [0.15, 0.2) is 160 Å². The first-order valence-corrected chi connectivity index (χ1v) is 17.3. The minimum Gasteiger partial charge on any atom is -0.461 e. The molecular weight excluding hydrogens is 599 g/mol. The van der Waals surface area contributed by atoms with E-state index >= 15 is 0 Å². The number of hydrogen-bond donors (Lipinski definition) is 1. The van der Waals surface area contributed by atoms with Crippen molar-refractivity contribution in [2.75, 3.05) is 0 Å². The summed E-state index contributed by atoms with van der Waals surface area (Å²) in [6, 6.07) is 28.6. The number of fused-ring (bicyclic) bond motifs is 1. The highest BCUT2D eigenvalue weighted by Crippen LogP contribution is 2.43. The van der Waals surface area contributed by atoms with Crippen LogP contribution in [0.1, 0.15) is 88.8 Å². The molecule has 0 saturated carbocycles. The van der Waals surface area contributed by atoms with Gasteiger partial charge in [0, 0.05) is 46.7 Å². The van der Waals surface area contributed by atoms with Crippen LogP contribution < -0.4 is 0 Å². The molecule has 49 heavy (non-hydrogen) atoms. The van der Waals surface area contributed by atoms with E-state index in [0.29, 0.717) is 17.7 Å². The maximum absolute atomic E-state index is 8.87. The molecule has 242 valence electrons. The molecular formula is C45H41N3O. The molecule has 1 aromatic heterocycles. The number of amidine groups is 2. The summed E-state index contributed by atoms with van der Waals surface area (Å²) < 4.78 is 6.50. The molecule has 0 radical (unpaired) electrons. The third kappa shape index (κ3) is 7.29. The summed E-state index contributed by atoms with van der Waals surface area (Å²) >= 11 is 0. The Hall–Kier alpha value is -5.61. The van der Waals surface area contributed by atoms with E-state index in [4.69, 9.17) is 19.8 Å². The smallest absolute Gasteiger partial charge is 0.161 e. The highest BCUT2D eigenvalue weighted by atomic mass is 16.3. The van der Waals surface area contributed by atoms with Gasteiger partial charge < -0.3 is 4.42 Å². The Labute approximate surface area is 289 Å². The Morgan fingerprint density at radius 1 is 0.918 bits per heavy atom. The molecule has 3 aliphatic carbocycles. The first kappa shape index (κ1) is 32.0. The molecule has 7 rings (SSSR count). The van der Waals surface area contributed by atoms with E-state index in [1.165, 1.54) is 22.3 Å². The monoisotopic (exact) mass is 639 g/mol. The number of hydrogen-bond acceptors (Lipinski definition) is 2. The molecule has 0 saturated heterocycles. The predicted octanol–water partition coefficient (Wildman–Crippen LogP) is 11.2. The van der Waals surface area contributed by atoms with Crippen molar-refractivity contribution in [2.45, 2.75) is 50.4 Å². The van der Waals surface area contributed by atoms with Gasteiger partial charge in [0.1, 0.15) is 11.5 Å². The lowest BCUT2D eigenvalue weighted by Gasteiger charge is -2.26. The van der Waals surface area contributed by atoms with Crippen molar-refractivity contribution in [2.24, 2.45) is 9.98 Å². The van der Waals surface area contributed by atoms with Gasteiger partial charge in [-0.2, -0.15) is 0 Å². The predicted molar refractivity (Wildman–Crippen MR) is 205 cm³/mol. The van der Waals surface area contributed by atoms with Crippen LogP contribution in [0.4, 0.5) is 0 Å². The lowest BCUT2D eigenvalue weighted by molar-refractivity contribution is 0.456. The average molecular weight is 640 g/mol. The molecule has 1 heterocycles. The van der Waals surface area contributed by atoms with Gasteiger partial charge in [-0.25, -0.2) is 9.98 Å². The van der Waals surface area contributed by atoms with E-state index in [2.05, 4.69) is 97.6 Å². The zero-order valence-electron chi connectivity index (χ0n) is 27.8. The molecule has 0 spiro atoms. The van der Waals surface area contributed by atoms with Crippen LogP contribution in [-0.2, 0) is 6.42 Å². The number of rotatable bonds is 8. The number of nitrogens with one attached hydrogen (secondary N) is 1. The van der Waals surface area contributed by atoms with Crippen LogP contribution in [0, 0.1) is 5.41 Å². The van der Waals surface area contributed by atoms with Crippen LogP contribution >= 0.6 is 0 Å². The summed E-state index contributed by atoms with van der Waals surface area (Å²) in [5.41, 5.74) is 8.95. The third-order valence-electron chi connectivity index (χ3n) is 9.60. The van der Waals surface area contributed by atoms with Gasteiger partial charge in [0.25, 0.3) is 0 Å². The number of aryl methyl sites for hydroxylation is 1. The van der Waals surface area contributed by atoms with Gasteiger partial charge in [-0.05, 0) is 54.9 Å². The van der Waals surface area contributed by atoms with Crippen molar-refractivity contribution in [3.05, 3.63) is 191 Å². The van der Waals surface area contributed by atoms with Gasteiger partial charge in [0.2, 0.25) is 0 Å². The minimum absolute atomic E-state index is 0.166. The number of nitrogens with zero attached hydrogens (tertiary/aromatic N) is 2. The van der Waals surface area contributed by atoms with Gasteiger partial charge in [-0.3, -0.25) is 5.41 Å². The maximum Gasteiger partial charge on any atom is 0.161 e. The number of benzene rings is 3. The molecule has 4 heteroatoms.